The number of azide groups is 1. The number of unbranched alkanes of at least 4 members (excludes halogenated alkanes) is 3. The molecule has 0 aliphatic carbocycles. The summed E-state index contributed by atoms with van der Waals surface area (Å²) in [6, 6.07) is 9.57. The molecule has 6 aromatic rings. The van der Waals surface area contributed by atoms with Gasteiger partial charge in [0.25, 0.3) is 5.56 Å². The third-order valence-electron chi connectivity index (χ3n) is 21.8. The normalized spacial score (nSPS) is 21.6. The quantitative estimate of drug-likeness (QED) is 0.0161. The summed E-state index contributed by atoms with van der Waals surface area (Å²) in [4.78, 5) is 121. The van der Waals surface area contributed by atoms with Crippen LogP contribution in [0.4, 0.5) is 29.1 Å². The number of aryl methyl sites for hydroxylation is 1. The van der Waals surface area contributed by atoms with Gasteiger partial charge < -0.3 is 81.3 Å². The van der Waals surface area contributed by atoms with Gasteiger partial charge in [0.05, 0.1) is 63.5 Å². The summed E-state index contributed by atoms with van der Waals surface area (Å²) in [5, 5.41) is 3.74. The first kappa shape index (κ1) is 117. The van der Waals surface area contributed by atoms with Crippen LogP contribution < -0.4 is 64.2 Å². The molecule has 13 atom stereocenters. The molecule has 6 aromatic heterocycles. The van der Waals surface area contributed by atoms with Gasteiger partial charge in [-0.3, -0.25) is 37.2 Å². The highest BCUT2D eigenvalue weighted by Gasteiger charge is 2.39. The zero-order valence-electron chi connectivity index (χ0n) is 84.6. The molecule has 44 heteroatoms. The van der Waals surface area contributed by atoms with Crippen molar-refractivity contribution in [3.8, 4) is 0 Å². The van der Waals surface area contributed by atoms with E-state index in [1.165, 1.54) is 15.3 Å². The maximum Gasteiger partial charge on any atom is 0.351 e. The molecule has 12 heterocycles. The van der Waals surface area contributed by atoms with E-state index in [9.17, 15) is 33.6 Å². The minimum absolute atomic E-state index is 0.00944. The van der Waals surface area contributed by atoms with E-state index < -0.39 is 29.6 Å². The Morgan fingerprint density at radius 3 is 1.23 bits per heavy atom. The summed E-state index contributed by atoms with van der Waals surface area (Å²) < 4.78 is 77.2. The summed E-state index contributed by atoms with van der Waals surface area (Å²) in [7, 11) is 5.34. The van der Waals surface area contributed by atoms with Gasteiger partial charge in [-0.25, -0.2) is 28.8 Å². The second-order valence-corrected chi connectivity index (χ2v) is 41.0. The Bertz CT molecular complexity index is 4970. The van der Waals surface area contributed by atoms with Crippen molar-refractivity contribution < 1.29 is 56.8 Å². The van der Waals surface area contributed by atoms with Gasteiger partial charge in [-0.05, 0) is 164 Å². The van der Waals surface area contributed by atoms with E-state index in [2.05, 4.69) is 124 Å². The summed E-state index contributed by atoms with van der Waals surface area (Å²) in [6.07, 6.45) is 18.3. The average Bonchev–Trinajstić information content (AvgIpc) is 1.68. The highest BCUT2D eigenvalue weighted by Crippen LogP contribution is 2.37. The fourth-order valence-corrected chi connectivity index (χ4v) is 19.8. The molecule has 6 aliphatic rings. The lowest BCUT2D eigenvalue weighted by atomic mass is 10.1. The van der Waals surface area contributed by atoms with Crippen LogP contribution in [0.2, 0.25) is 0 Å². The number of ether oxygens (including phenoxy) is 12. The molecule has 0 bridgehead atoms. The number of anilines is 5. The number of rotatable bonds is 45. The van der Waals surface area contributed by atoms with Crippen molar-refractivity contribution in [2.75, 3.05) is 173 Å². The van der Waals surface area contributed by atoms with E-state index >= 15 is 0 Å². The number of aromatic amines is 1. The number of hydrogen-bond donors (Lipinski definition) is 1. The van der Waals surface area contributed by atoms with Crippen LogP contribution in [0.3, 0.4) is 0 Å². The van der Waals surface area contributed by atoms with Crippen LogP contribution in [0, 0.1) is 6.92 Å². The minimum Gasteiger partial charge on any atom is -0.381 e. The van der Waals surface area contributed by atoms with Gasteiger partial charge in [0.2, 0.25) is 0 Å². The zero-order valence-corrected chi connectivity index (χ0v) is 88.7. The second-order valence-electron chi connectivity index (χ2n) is 35.0. The Morgan fingerprint density at radius 2 is 0.861 bits per heavy atom. The average molecular weight is 2020 g/mol. The van der Waals surface area contributed by atoms with Gasteiger partial charge in [-0.2, -0.15) is 24.9 Å². The smallest absolute Gasteiger partial charge is 0.351 e. The van der Waals surface area contributed by atoms with Gasteiger partial charge >= 0.3 is 34.1 Å². The molecule has 6 aliphatic heterocycles. The molecule has 1 unspecified atom stereocenters. The maximum atomic E-state index is 12.6. The van der Waals surface area contributed by atoms with E-state index in [-0.39, 0.29) is 117 Å². The van der Waals surface area contributed by atoms with E-state index in [1.54, 1.807) is 121 Å². The Kier molecular flexibility index (Phi) is 52.3. The van der Waals surface area contributed by atoms with Crippen LogP contribution in [0.1, 0.15) is 232 Å². The van der Waals surface area contributed by atoms with Crippen molar-refractivity contribution in [3.05, 3.63) is 157 Å². The Labute approximate surface area is 828 Å². The fourth-order valence-electron chi connectivity index (χ4n) is 14.7. The third-order valence-corrected chi connectivity index (χ3v) is 27.3. The topological polar surface area (TPSA) is 405 Å². The standard InChI is InChI=1S/C20H35N3O3S.2C17H29N3O3S.C14H21N5O4.C14H23N3O3S.C11H17N3O3S/c1-4-7-11-22(12-8-5-2)17-10-13-23(20(24)21-17)18-16-27-19(26-18)15-25-14-9-6-3;1-11(2)20(12(3)4)14-7-8-19(17(21)18-14)15-10-24-16(23-15)9-22-13(5)6;1-4-8-19(9-5-2)14-7-10-20(17(21)18-14)15-13-24-16(23-15)12-22-11-6-3;1-8-6-19(13(21)16-12(8)20)11-5-9(17-18-15)10(23-11)7-22-14(2,3)4;1-4-16(5-2)11-7-8-17(14(18)15-11)12-10-21-13(20-12)9-19-6-3;1-13(2)8-4-5-14(11(15)12-8)9-7-18-10(17-9)6-16-3/h10,13,18-19H,4-9,11-12,14-16H2,1-3H3;7-8,11-13,15-16H,9-10H2,1-6H3;7,10,15-16H,4-6,8-9,11-13H2,1-3H3;6,9-11H,5,7H2,1-4H3,(H,16,20,21);7-8,12-13H,4-6,9-10H2,1-3H3;4-5,9-10H,6-7H2,1-3H3/t18-,19+;2*15-,16+;9?,10-,11-;12-,13+;9-,10+/m111111/s1. The lowest BCUT2D eigenvalue weighted by Crippen LogP contribution is -2.39. The number of H-pyrrole nitrogens is 1. The van der Waals surface area contributed by atoms with Crippen LogP contribution in [-0.4, -0.2) is 269 Å². The highest BCUT2D eigenvalue weighted by atomic mass is 32.2. The number of nitrogens with one attached hydrogen (secondary N) is 1. The number of nitrogens with zero attached hydrogens (tertiary/aromatic N) is 19. The number of thioether (sulfide) groups is 5. The lowest BCUT2D eigenvalue weighted by Gasteiger charge is -2.31. The minimum atomic E-state index is -0.609. The molecule has 770 valence electrons. The zero-order chi connectivity index (χ0) is 100. The molecule has 0 amide bonds. The first-order valence-electron chi connectivity index (χ1n) is 48.2. The van der Waals surface area contributed by atoms with Gasteiger partial charge in [-0.15, -0.1) is 58.8 Å². The van der Waals surface area contributed by atoms with Crippen LogP contribution in [-0.2, 0) is 56.8 Å². The predicted molar refractivity (Wildman–Crippen MR) is 549 cm³/mol. The number of methoxy groups -OCH3 is 1. The molecule has 1 N–H and O–H groups in total. The van der Waals surface area contributed by atoms with Crippen molar-refractivity contribution >= 4 is 87.9 Å². The maximum absolute atomic E-state index is 12.6. The van der Waals surface area contributed by atoms with Crippen molar-refractivity contribution in [2.24, 2.45) is 5.11 Å². The molecule has 0 aromatic carbocycles. The van der Waals surface area contributed by atoms with Crippen LogP contribution in [0.15, 0.2) is 106 Å². The Morgan fingerprint density at radius 1 is 0.474 bits per heavy atom. The Hall–Kier alpha value is -7.34. The first-order chi connectivity index (χ1) is 65.7. The lowest BCUT2D eigenvalue weighted by molar-refractivity contribution is -0.0855. The molecule has 0 spiro atoms. The molecule has 39 nitrogen and oxygen atoms in total. The van der Waals surface area contributed by atoms with Gasteiger partial charge in [0.15, 0.2) is 0 Å². The van der Waals surface area contributed by atoms with Crippen LogP contribution >= 0.6 is 58.8 Å². The fraction of sp³-hybridized carbons (Fsp3) is 0.742. The Balaban J connectivity index is 0.000000225. The molecule has 6 saturated heterocycles. The summed E-state index contributed by atoms with van der Waals surface area (Å²) in [5.74, 6) is 7.31. The van der Waals surface area contributed by atoms with Crippen molar-refractivity contribution in [1.29, 1.82) is 0 Å². The van der Waals surface area contributed by atoms with Crippen molar-refractivity contribution in [2.45, 2.75) is 296 Å². The molecular weight excluding hydrogens is 1860 g/mol. The van der Waals surface area contributed by atoms with Gasteiger partial charge in [-0.1, -0.05) is 65.9 Å². The molecule has 6 fully saturated rings. The number of hydrogen-bond acceptors (Lipinski definition) is 35. The van der Waals surface area contributed by atoms with E-state index in [4.69, 9.17) is 62.4 Å². The molecular formula is C93H154N20O19S5. The predicted octanol–water partition coefficient (Wildman–Crippen LogP) is 13.7. The SMILES string of the molecule is CC(C)OC[C@H]1O[C@@H](n2ccc(N(C(C)C)C(C)C)nc2=O)CS1.CCCCOC[C@H]1O[C@@H](n2ccc(N(CCCC)CCCC)nc2=O)CS1.CCCOC[C@H]1O[C@@H](n2ccc(N(CCC)CCC)nc2=O)CS1.CCOC[C@H]1O[C@@H](n2ccc(N(CC)CC)nc2=O)CS1.COC[C@H]1O[C@@H](n2ccc(N(C)C)nc2=O)CS1.Cc1cn([C@H]2CC(N=[N+]=[N-])[C@@H](COC(C)(C)C)O2)c(=O)[nH]c1=O. The van der Waals surface area contributed by atoms with Crippen molar-refractivity contribution in [3.63, 3.8) is 0 Å². The van der Waals surface area contributed by atoms with Crippen LogP contribution in [0.5, 0.6) is 0 Å². The molecule has 12 rings (SSSR count). The largest absolute Gasteiger partial charge is 0.381 e. The monoisotopic (exact) mass is 2020 g/mol. The molecule has 0 radical (unpaired) electrons. The van der Waals surface area contributed by atoms with Gasteiger partial charge in [0, 0.05) is 175 Å². The highest BCUT2D eigenvalue weighted by molar-refractivity contribution is 8.00. The molecule has 137 heavy (non-hydrogen) atoms. The second kappa shape index (κ2) is 61.5. The van der Waals surface area contributed by atoms with E-state index in [0.29, 0.717) is 63.3 Å². The van der Waals surface area contributed by atoms with E-state index in [1.807, 2.05) is 111 Å². The van der Waals surface area contributed by atoms with Gasteiger partial charge in [0.1, 0.15) is 93.6 Å². The molecule has 0 saturated carbocycles. The third kappa shape index (κ3) is 38.1. The summed E-state index contributed by atoms with van der Waals surface area (Å²) in [5.41, 5.74) is 6.41. The van der Waals surface area contributed by atoms with Crippen molar-refractivity contribution in [1.82, 2.24) is 57.3 Å². The van der Waals surface area contributed by atoms with E-state index in [0.717, 1.165) is 156 Å². The summed E-state index contributed by atoms with van der Waals surface area (Å²) in [6.45, 7) is 49.2. The summed E-state index contributed by atoms with van der Waals surface area (Å²) >= 11 is 8.37. The first-order valence-corrected chi connectivity index (χ1v) is 53.4. The van der Waals surface area contributed by atoms with Crippen LogP contribution in [0.25, 0.3) is 10.4 Å². The number of aromatic nitrogens is 12.